The standard InChI is InChI=1S/C11H15BrN2O5S/c1-8-6-9(12)7-10(14(15)16)11(8)19-4-2-3-5-20(13,17)18/h6-7H,2-5H2,1H3,(H2,13,17,18). The van der Waals surface area contributed by atoms with E-state index in [4.69, 9.17) is 9.88 Å². The van der Waals surface area contributed by atoms with E-state index in [0.29, 0.717) is 22.9 Å². The first-order chi connectivity index (χ1) is 9.20. The number of nitrogens with zero attached hydrogens (tertiary/aromatic N) is 1. The number of sulfonamides is 1. The summed E-state index contributed by atoms with van der Waals surface area (Å²) in [4.78, 5) is 10.4. The van der Waals surface area contributed by atoms with Gasteiger partial charge in [-0.1, -0.05) is 15.9 Å². The molecule has 1 aromatic carbocycles. The first kappa shape index (κ1) is 16.9. The zero-order chi connectivity index (χ0) is 15.3. The van der Waals surface area contributed by atoms with E-state index < -0.39 is 14.9 Å². The zero-order valence-electron chi connectivity index (χ0n) is 10.8. The molecule has 0 atom stereocenters. The van der Waals surface area contributed by atoms with Gasteiger partial charge in [0.2, 0.25) is 10.0 Å². The molecule has 7 nitrogen and oxygen atoms in total. The molecule has 0 spiro atoms. The molecule has 0 fully saturated rings. The molecule has 0 saturated carbocycles. The van der Waals surface area contributed by atoms with Crippen LogP contribution in [0.15, 0.2) is 16.6 Å². The third-order valence-electron chi connectivity index (χ3n) is 2.49. The smallest absolute Gasteiger partial charge is 0.312 e. The molecule has 0 heterocycles. The van der Waals surface area contributed by atoms with Crippen LogP contribution in [0.3, 0.4) is 0 Å². The maximum absolute atomic E-state index is 11.0. The minimum Gasteiger partial charge on any atom is -0.487 e. The minimum atomic E-state index is -3.47. The van der Waals surface area contributed by atoms with Gasteiger partial charge in [-0.05, 0) is 31.4 Å². The van der Waals surface area contributed by atoms with Crippen LogP contribution in [0.2, 0.25) is 0 Å². The van der Waals surface area contributed by atoms with Crippen LogP contribution in [0.25, 0.3) is 0 Å². The Labute approximate surface area is 125 Å². The number of rotatable bonds is 7. The largest absolute Gasteiger partial charge is 0.487 e. The van der Waals surface area contributed by atoms with E-state index in [-0.39, 0.29) is 23.8 Å². The molecular weight excluding hydrogens is 352 g/mol. The van der Waals surface area contributed by atoms with Crippen LogP contribution in [-0.4, -0.2) is 25.7 Å². The molecule has 0 aliphatic heterocycles. The van der Waals surface area contributed by atoms with Crippen molar-refractivity contribution in [2.45, 2.75) is 19.8 Å². The Kier molecular flexibility index (Phi) is 5.90. The summed E-state index contributed by atoms with van der Waals surface area (Å²) in [7, 11) is -3.47. The third kappa shape index (κ3) is 5.43. The number of benzene rings is 1. The van der Waals surface area contributed by atoms with Gasteiger partial charge in [0.25, 0.3) is 0 Å². The molecule has 0 aliphatic rings. The number of primary sulfonamides is 1. The molecule has 0 amide bonds. The summed E-state index contributed by atoms with van der Waals surface area (Å²) < 4.78 is 27.5. The number of hydrogen-bond acceptors (Lipinski definition) is 5. The summed E-state index contributed by atoms with van der Waals surface area (Å²) >= 11 is 3.19. The van der Waals surface area contributed by atoms with Gasteiger partial charge in [0.1, 0.15) is 0 Å². The highest BCUT2D eigenvalue weighted by atomic mass is 79.9. The Bertz CT molecular complexity index is 603. The van der Waals surface area contributed by atoms with Crippen molar-refractivity contribution >= 4 is 31.6 Å². The Balaban J connectivity index is 2.66. The third-order valence-corrected chi connectivity index (χ3v) is 3.80. The lowest BCUT2D eigenvalue weighted by Crippen LogP contribution is -2.17. The van der Waals surface area contributed by atoms with Crippen molar-refractivity contribution in [2.75, 3.05) is 12.4 Å². The van der Waals surface area contributed by atoms with Gasteiger partial charge in [0.15, 0.2) is 5.75 Å². The van der Waals surface area contributed by atoms with E-state index >= 15 is 0 Å². The number of nitrogens with two attached hydrogens (primary N) is 1. The first-order valence-corrected chi connectivity index (χ1v) is 8.29. The Morgan fingerprint density at radius 1 is 1.40 bits per heavy atom. The van der Waals surface area contributed by atoms with Gasteiger partial charge in [-0.15, -0.1) is 0 Å². The normalized spacial score (nSPS) is 11.3. The van der Waals surface area contributed by atoms with E-state index in [2.05, 4.69) is 15.9 Å². The molecule has 112 valence electrons. The molecular formula is C11H15BrN2O5S. The molecule has 0 aromatic heterocycles. The number of unbranched alkanes of at least 4 members (excludes halogenated alkanes) is 1. The highest BCUT2D eigenvalue weighted by Gasteiger charge is 2.18. The average molecular weight is 367 g/mol. The van der Waals surface area contributed by atoms with E-state index in [1.807, 2.05) is 0 Å². The molecule has 0 bridgehead atoms. The summed E-state index contributed by atoms with van der Waals surface area (Å²) in [6.45, 7) is 1.90. The lowest BCUT2D eigenvalue weighted by Gasteiger charge is -2.10. The van der Waals surface area contributed by atoms with Crippen LogP contribution < -0.4 is 9.88 Å². The van der Waals surface area contributed by atoms with Gasteiger partial charge < -0.3 is 4.74 Å². The number of nitro groups is 1. The fourth-order valence-electron chi connectivity index (χ4n) is 1.62. The first-order valence-electron chi connectivity index (χ1n) is 5.78. The Morgan fingerprint density at radius 3 is 2.60 bits per heavy atom. The van der Waals surface area contributed by atoms with Gasteiger partial charge >= 0.3 is 5.69 Å². The second-order valence-corrected chi connectivity index (χ2v) is 6.90. The average Bonchev–Trinajstić information content (AvgIpc) is 2.28. The Morgan fingerprint density at radius 2 is 2.05 bits per heavy atom. The molecule has 1 rings (SSSR count). The summed E-state index contributed by atoms with van der Waals surface area (Å²) in [5, 5.41) is 15.8. The summed E-state index contributed by atoms with van der Waals surface area (Å²) in [5.41, 5.74) is 0.515. The van der Waals surface area contributed by atoms with Crippen molar-refractivity contribution in [3.8, 4) is 5.75 Å². The monoisotopic (exact) mass is 366 g/mol. The number of nitro benzene ring substituents is 1. The fourth-order valence-corrected chi connectivity index (χ4v) is 2.78. The van der Waals surface area contributed by atoms with Crippen molar-refractivity contribution in [3.05, 3.63) is 32.3 Å². The molecule has 9 heteroatoms. The molecule has 20 heavy (non-hydrogen) atoms. The van der Waals surface area contributed by atoms with Crippen LogP contribution in [0.1, 0.15) is 18.4 Å². The second-order valence-electron chi connectivity index (χ2n) is 4.25. The van der Waals surface area contributed by atoms with E-state index in [9.17, 15) is 18.5 Å². The second kappa shape index (κ2) is 7.00. The van der Waals surface area contributed by atoms with Crippen molar-refractivity contribution in [1.29, 1.82) is 0 Å². The maximum Gasteiger partial charge on any atom is 0.312 e. The van der Waals surface area contributed by atoms with Crippen molar-refractivity contribution in [2.24, 2.45) is 5.14 Å². The van der Waals surface area contributed by atoms with Gasteiger partial charge in [-0.2, -0.15) is 0 Å². The number of hydrogen-bond donors (Lipinski definition) is 1. The quantitative estimate of drug-likeness (QED) is 0.451. The van der Waals surface area contributed by atoms with Crippen LogP contribution in [-0.2, 0) is 10.0 Å². The molecule has 0 saturated heterocycles. The SMILES string of the molecule is Cc1cc(Br)cc([N+](=O)[O-])c1OCCCCS(N)(=O)=O. The molecule has 0 radical (unpaired) electrons. The van der Waals surface area contributed by atoms with Crippen LogP contribution in [0.5, 0.6) is 5.75 Å². The highest BCUT2D eigenvalue weighted by Crippen LogP contribution is 2.34. The number of halogens is 1. The van der Waals surface area contributed by atoms with Crippen molar-refractivity contribution < 1.29 is 18.1 Å². The predicted octanol–water partition coefficient (Wildman–Crippen LogP) is 2.11. The van der Waals surface area contributed by atoms with Crippen molar-refractivity contribution in [3.63, 3.8) is 0 Å². The van der Waals surface area contributed by atoms with Crippen molar-refractivity contribution in [1.82, 2.24) is 0 Å². The fraction of sp³-hybridized carbons (Fsp3) is 0.455. The molecule has 1 aromatic rings. The summed E-state index contributed by atoms with van der Waals surface area (Å²) in [6, 6.07) is 3.08. The van der Waals surface area contributed by atoms with Crippen LogP contribution in [0.4, 0.5) is 5.69 Å². The molecule has 0 aliphatic carbocycles. The van der Waals surface area contributed by atoms with E-state index in [1.54, 1.807) is 13.0 Å². The van der Waals surface area contributed by atoms with Gasteiger partial charge in [-0.3, -0.25) is 10.1 Å². The topological polar surface area (TPSA) is 113 Å². The van der Waals surface area contributed by atoms with E-state index in [1.165, 1.54) is 6.07 Å². The summed E-state index contributed by atoms with van der Waals surface area (Å²) in [6.07, 6.45) is 0.797. The Hall–Kier alpha value is -1.19. The lowest BCUT2D eigenvalue weighted by molar-refractivity contribution is -0.386. The van der Waals surface area contributed by atoms with Gasteiger partial charge in [0.05, 0.1) is 17.3 Å². The molecule has 2 N–H and O–H groups in total. The number of ether oxygens (including phenoxy) is 1. The van der Waals surface area contributed by atoms with Gasteiger partial charge in [-0.25, -0.2) is 13.6 Å². The number of aryl methyl sites for hydroxylation is 1. The maximum atomic E-state index is 11.0. The lowest BCUT2D eigenvalue weighted by atomic mass is 10.2. The minimum absolute atomic E-state index is 0.122. The zero-order valence-corrected chi connectivity index (χ0v) is 13.2. The van der Waals surface area contributed by atoms with Gasteiger partial charge in [0, 0.05) is 10.5 Å². The highest BCUT2D eigenvalue weighted by molar-refractivity contribution is 9.10. The van der Waals surface area contributed by atoms with Crippen LogP contribution in [0, 0.1) is 17.0 Å². The summed E-state index contributed by atoms with van der Waals surface area (Å²) in [5.74, 6) is 0.0754. The molecule has 0 unspecified atom stereocenters. The predicted molar refractivity (Wildman–Crippen MR) is 78.2 cm³/mol. The van der Waals surface area contributed by atoms with Crippen LogP contribution >= 0.6 is 15.9 Å². The van der Waals surface area contributed by atoms with E-state index in [0.717, 1.165) is 0 Å².